The molecule has 1 saturated heterocycles. The lowest BCUT2D eigenvalue weighted by molar-refractivity contribution is -0.140. The average Bonchev–Trinajstić information content (AvgIpc) is 2.99. The summed E-state index contributed by atoms with van der Waals surface area (Å²) in [5, 5.41) is 11.0. The zero-order chi connectivity index (χ0) is 20.8. The van der Waals surface area contributed by atoms with Crippen LogP contribution < -0.4 is 4.74 Å². The lowest BCUT2D eigenvalue weighted by atomic mass is 9.96. The molecule has 7 heteroatoms. The van der Waals surface area contributed by atoms with Crippen LogP contribution in [-0.2, 0) is 14.3 Å². The van der Waals surface area contributed by atoms with Crippen molar-refractivity contribution in [2.75, 3.05) is 26.9 Å². The first-order chi connectivity index (χ1) is 14.1. The smallest absolute Gasteiger partial charge is 0.295 e. The van der Waals surface area contributed by atoms with Crippen LogP contribution in [0.3, 0.4) is 0 Å². The minimum absolute atomic E-state index is 0.0501. The largest absolute Gasteiger partial charge is 0.507 e. The predicted octanol–water partition coefficient (Wildman–Crippen LogP) is 2.94. The lowest BCUT2D eigenvalue weighted by Crippen LogP contribution is -2.31. The Bertz CT molecular complexity index is 910. The van der Waals surface area contributed by atoms with E-state index in [0.29, 0.717) is 43.1 Å². The third kappa shape index (κ3) is 4.30. The molecule has 1 N–H and O–H groups in total. The van der Waals surface area contributed by atoms with Crippen molar-refractivity contribution < 1.29 is 24.2 Å². The number of carbonyl (C=O) groups is 2. The number of aliphatic hydroxyl groups is 1. The van der Waals surface area contributed by atoms with Gasteiger partial charge in [0, 0.05) is 38.2 Å². The molecule has 0 saturated carbocycles. The van der Waals surface area contributed by atoms with E-state index in [1.54, 1.807) is 55.9 Å². The number of amides is 1. The van der Waals surface area contributed by atoms with Crippen LogP contribution in [-0.4, -0.2) is 53.5 Å². The van der Waals surface area contributed by atoms with Gasteiger partial charge in [0.25, 0.3) is 11.7 Å². The van der Waals surface area contributed by atoms with Gasteiger partial charge in [-0.1, -0.05) is 18.2 Å². The summed E-state index contributed by atoms with van der Waals surface area (Å²) in [5.74, 6) is -1.01. The van der Waals surface area contributed by atoms with Gasteiger partial charge in [-0.2, -0.15) is 0 Å². The SMILES string of the molecule is CCOc1cccc(C(O)=C2C(=O)C(=O)N(CCCOC)[C@H]2c2cccnc2)c1. The quantitative estimate of drug-likeness (QED) is 0.319. The number of benzene rings is 1. The Morgan fingerprint density at radius 1 is 1.24 bits per heavy atom. The number of nitrogens with zero attached hydrogens (tertiary/aromatic N) is 2. The third-order valence-corrected chi connectivity index (χ3v) is 4.71. The first kappa shape index (κ1) is 20.5. The highest BCUT2D eigenvalue weighted by Gasteiger charge is 2.45. The maximum atomic E-state index is 12.9. The topological polar surface area (TPSA) is 89.0 Å². The molecule has 1 aromatic heterocycles. The number of aliphatic hydroxyl groups excluding tert-OH is 1. The third-order valence-electron chi connectivity index (χ3n) is 4.71. The number of pyridine rings is 1. The van der Waals surface area contributed by atoms with Crippen LogP contribution >= 0.6 is 0 Å². The molecular weight excluding hydrogens is 372 g/mol. The van der Waals surface area contributed by atoms with E-state index < -0.39 is 17.7 Å². The van der Waals surface area contributed by atoms with Crippen LogP contribution in [0, 0.1) is 0 Å². The fraction of sp³-hybridized carbons (Fsp3) is 0.318. The molecule has 2 heterocycles. The summed E-state index contributed by atoms with van der Waals surface area (Å²) in [4.78, 5) is 31.2. The zero-order valence-corrected chi connectivity index (χ0v) is 16.5. The van der Waals surface area contributed by atoms with Gasteiger partial charge < -0.3 is 19.5 Å². The molecule has 1 atom stereocenters. The van der Waals surface area contributed by atoms with Gasteiger partial charge in [0.2, 0.25) is 0 Å². The summed E-state index contributed by atoms with van der Waals surface area (Å²) in [6, 6.07) is 9.64. The van der Waals surface area contributed by atoms with Gasteiger partial charge in [-0.25, -0.2) is 0 Å². The minimum Gasteiger partial charge on any atom is -0.507 e. The van der Waals surface area contributed by atoms with E-state index >= 15 is 0 Å². The standard InChI is InChI=1S/C22H24N2O5/c1-3-29-17-9-4-7-15(13-17)20(25)18-19(16-8-5-10-23-14-16)24(11-6-12-28-2)22(27)21(18)26/h4-5,7-10,13-14,19,25H,3,6,11-12H2,1-2H3/t19-/m0/s1. The molecule has 2 aromatic rings. The van der Waals surface area contributed by atoms with E-state index in [1.807, 2.05) is 6.92 Å². The van der Waals surface area contributed by atoms with E-state index in [4.69, 9.17) is 9.47 Å². The fourth-order valence-corrected chi connectivity index (χ4v) is 3.43. The average molecular weight is 396 g/mol. The molecule has 1 fully saturated rings. The van der Waals surface area contributed by atoms with Crippen molar-refractivity contribution in [3.8, 4) is 5.75 Å². The van der Waals surface area contributed by atoms with Crippen LogP contribution in [0.1, 0.15) is 30.5 Å². The van der Waals surface area contributed by atoms with E-state index in [-0.39, 0.29) is 11.3 Å². The summed E-state index contributed by atoms with van der Waals surface area (Å²) in [7, 11) is 1.58. The number of ketones is 1. The molecular formula is C22H24N2O5. The lowest BCUT2D eigenvalue weighted by Gasteiger charge is -2.25. The number of hydrogen-bond acceptors (Lipinski definition) is 6. The van der Waals surface area contributed by atoms with Gasteiger partial charge in [-0.15, -0.1) is 0 Å². The molecule has 0 unspecified atom stereocenters. The number of carbonyl (C=O) groups excluding carboxylic acids is 2. The zero-order valence-electron chi connectivity index (χ0n) is 16.5. The van der Waals surface area contributed by atoms with Crippen molar-refractivity contribution in [3.63, 3.8) is 0 Å². The van der Waals surface area contributed by atoms with Crippen LogP contribution in [0.25, 0.3) is 5.76 Å². The first-order valence-corrected chi connectivity index (χ1v) is 9.49. The number of hydrogen-bond donors (Lipinski definition) is 1. The normalized spacial score (nSPS) is 18.3. The monoisotopic (exact) mass is 396 g/mol. The maximum absolute atomic E-state index is 12.9. The second-order valence-electron chi connectivity index (χ2n) is 6.59. The molecule has 29 heavy (non-hydrogen) atoms. The Hall–Kier alpha value is -3.19. The van der Waals surface area contributed by atoms with Gasteiger partial charge in [0.05, 0.1) is 18.2 Å². The Balaban J connectivity index is 2.08. The molecule has 0 radical (unpaired) electrons. The molecule has 1 amide bonds. The van der Waals surface area contributed by atoms with Gasteiger partial charge in [-0.3, -0.25) is 14.6 Å². The van der Waals surface area contributed by atoms with Crippen molar-refractivity contribution in [2.45, 2.75) is 19.4 Å². The Kier molecular flexibility index (Phi) is 6.61. The second kappa shape index (κ2) is 9.34. The van der Waals surface area contributed by atoms with E-state index in [0.717, 1.165) is 0 Å². The van der Waals surface area contributed by atoms with Crippen molar-refractivity contribution in [2.24, 2.45) is 0 Å². The molecule has 0 spiro atoms. The van der Waals surface area contributed by atoms with Crippen molar-refractivity contribution in [3.05, 3.63) is 65.5 Å². The van der Waals surface area contributed by atoms with Crippen LogP contribution in [0.5, 0.6) is 5.75 Å². The van der Waals surface area contributed by atoms with E-state index in [9.17, 15) is 14.7 Å². The molecule has 1 aliphatic heterocycles. The van der Waals surface area contributed by atoms with Crippen LogP contribution in [0.4, 0.5) is 0 Å². The fourth-order valence-electron chi connectivity index (χ4n) is 3.43. The first-order valence-electron chi connectivity index (χ1n) is 9.49. The molecule has 0 bridgehead atoms. The number of likely N-dealkylation sites (tertiary alicyclic amines) is 1. The summed E-state index contributed by atoms with van der Waals surface area (Å²) in [6.07, 6.45) is 3.79. The number of aromatic nitrogens is 1. The van der Waals surface area contributed by atoms with Crippen LogP contribution in [0.15, 0.2) is 54.4 Å². The minimum atomic E-state index is -0.712. The predicted molar refractivity (Wildman–Crippen MR) is 107 cm³/mol. The molecule has 3 rings (SSSR count). The number of ether oxygens (including phenoxy) is 2. The highest BCUT2D eigenvalue weighted by Crippen LogP contribution is 2.39. The molecule has 0 aliphatic carbocycles. The number of Topliss-reactive ketones (excluding diaryl/α,β-unsaturated/α-hetero) is 1. The Morgan fingerprint density at radius 3 is 2.76 bits per heavy atom. The summed E-state index contributed by atoms with van der Waals surface area (Å²) in [5.41, 5.74) is 1.13. The van der Waals surface area contributed by atoms with E-state index in [2.05, 4.69) is 4.98 Å². The molecule has 7 nitrogen and oxygen atoms in total. The van der Waals surface area contributed by atoms with Gasteiger partial charge in [0.15, 0.2) is 0 Å². The second-order valence-corrected chi connectivity index (χ2v) is 6.59. The summed E-state index contributed by atoms with van der Waals surface area (Å²) >= 11 is 0. The number of rotatable bonds is 8. The molecule has 152 valence electrons. The summed E-state index contributed by atoms with van der Waals surface area (Å²) < 4.78 is 10.6. The van der Waals surface area contributed by atoms with Gasteiger partial charge >= 0.3 is 0 Å². The van der Waals surface area contributed by atoms with Gasteiger partial charge in [-0.05, 0) is 37.1 Å². The molecule has 1 aliphatic rings. The van der Waals surface area contributed by atoms with Gasteiger partial charge in [0.1, 0.15) is 11.5 Å². The Morgan fingerprint density at radius 2 is 2.07 bits per heavy atom. The molecule has 1 aromatic carbocycles. The Labute approximate surface area is 169 Å². The summed E-state index contributed by atoms with van der Waals surface area (Å²) in [6.45, 7) is 3.12. The highest BCUT2D eigenvalue weighted by atomic mass is 16.5. The van der Waals surface area contributed by atoms with Crippen molar-refractivity contribution in [1.82, 2.24) is 9.88 Å². The van der Waals surface area contributed by atoms with Crippen molar-refractivity contribution >= 4 is 17.4 Å². The van der Waals surface area contributed by atoms with Crippen LogP contribution in [0.2, 0.25) is 0 Å². The van der Waals surface area contributed by atoms with Crippen molar-refractivity contribution in [1.29, 1.82) is 0 Å². The van der Waals surface area contributed by atoms with E-state index in [1.165, 1.54) is 4.90 Å². The number of methoxy groups -OCH3 is 1. The maximum Gasteiger partial charge on any atom is 0.295 e. The highest BCUT2D eigenvalue weighted by molar-refractivity contribution is 6.46.